The molecule has 1 heterocycles. The third kappa shape index (κ3) is 1.25. The summed E-state index contributed by atoms with van der Waals surface area (Å²) in [6.07, 6.45) is 1.10. The summed E-state index contributed by atoms with van der Waals surface area (Å²) in [5.41, 5.74) is 0. The number of aliphatic hydroxyl groups excluding tert-OH is 1. The van der Waals surface area contributed by atoms with Gasteiger partial charge in [0.1, 0.15) is 0 Å². The second-order valence-electron chi connectivity index (χ2n) is 2.78. The van der Waals surface area contributed by atoms with Crippen LogP contribution in [0.5, 0.6) is 0 Å². The molecule has 0 spiro atoms. The van der Waals surface area contributed by atoms with E-state index >= 15 is 0 Å². The first-order chi connectivity index (χ1) is 4.25. The molecular weight excluding hydrogens is 114 g/mol. The summed E-state index contributed by atoms with van der Waals surface area (Å²) < 4.78 is 0. The molecule has 1 aliphatic heterocycles. The van der Waals surface area contributed by atoms with Crippen LogP contribution < -0.4 is 0 Å². The molecule has 1 aliphatic rings. The highest BCUT2D eigenvalue weighted by molar-refractivity contribution is 4.82. The normalized spacial score (nSPS) is 37.7. The third-order valence-electron chi connectivity index (χ3n) is 2.28. The lowest BCUT2D eigenvalue weighted by atomic mass is 10.0. The van der Waals surface area contributed by atoms with Crippen molar-refractivity contribution in [2.75, 3.05) is 13.2 Å². The van der Waals surface area contributed by atoms with Gasteiger partial charge in [-0.2, -0.15) is 0 Å². The van der Waals surface area contributed by atoms with Crippen molar-refractivity contribution in [3.8, 4) is 0 Å². The molecule has 2 nitrogen and oxygen atoms in total. The van der Waals surface area contributed by atoms with E-state index in [1.807, 2.05) is 4.90 Å². The highest BCUT2D eigenvalue weighted by Gasteiger charge is 2.22. The molecule has 0 aromatic rings. The molecule has 0 aliphatic carbocycles. The Bertz CT molecular complexity index is 94.9. The predicted octanol–water partition coefficient (Wildman–Crippen LogP) is 0.481. The molecule has 0 unspecified atom stereocenters. The van der Waals surface area contributed by atoms with E-state index < -0.39 is 0 Å². The molecular formula is C7H14NO-. The van der Waals surface area contributed by atoms with Gasteiger partial charge in [0.2, 0.25) is 0 Å². The Morgan fingerprint density at radius 2 is 2.44 bits per heavy atom. The summed E-state index contributed by atoms with van der Waals surface area (Å²) in [6.45, 7) is 3.46. The zero-order chi connectivity index (χ0) is 6.85. The van der Waals surface area contributed by atoms with Gasteiger partial charge in [0.15, 0.2) is 0 Å². The first-order valence-electron chi connectivity index (χ1n) is 3.43. The van der Waals surface area contributed by atoms with E-state index in [2.05, 4.69) is 14.0 Å². The predicted molar refractivity (Wildman–Crippen MR) is 36.7 cm³/mol. The van der Waals surface area contributed by atoms with Gasteiger partial charge in [-0.15, -0.1) is 0 Å². The van der Waals surface area contributed by atoms with Crippen molar-refractivity contribution in [3.63, 3.8) is 0 Å². The van der Waals surface area contributed by atoms with Crippen LogP contribution in [0.15, 0.2) is 0 Å². The molecule has 1 saturated heterocycles. The largest absolute Gasteiger partial charge is 0.457 e. The molecule has 1 rings (SSSR count). The van der Waals surface area contributed by atoms with Crippen LogP contribution in [0.2, 0.25) is 0 Å². The summed E-state index contributed by atoms with van der Waals surface area (Å²) in [5, 5.41) is 8.80. The van der Waals surface area contributed by atoms with Gasteiger partial charge in [0.25, 0.3) is 0 Å². The average Bonchev–Trinajstić information content (AvgIpc) is 2.15. The summed E-state index contributed by atoms with van der Waals surface area (Å²) in [4.78, 5) is 2.04. The third-order valence-corrected chi connectivity index (χ3v) is 2.28. The standard InChI is InChI=1S/C7H14NO/c1-6-7(5-9)3-4-8(6)2/h6-7,9H,2-5H2,1H3/q-1/t6-,7+/m0/s1. The maximum atomic E-state index is 8.80. The Hall–Kier alpha value is -0.0800. The van der Waals surface area contributed by atoms with Gasteiger partial charge in [-0.3, -0.25) is 7.05 Å². The fourth-order valence-corrected chi connectivity index (χ4v) is 1.32. The van der Waals surface area contributed by atoms with Gasteiger partial charge in [-0.05, 0) is 24.9 Å². The number of hydrogen-bond acceptors (Lipinski definition) is 2. The monoisotopic (exact) mass is 128 g/mol. The Morgan fingerprint density at radius 1 is 1.78 bits per heavy atom. The Balaban J connectivity index is 2.41. The van der Waals surface area contributed by atoms with Crippen LogP contribution in [0.3, 0.4) is 0 Å². The van der Waals surface area contributed by atoms with Crippen LogP contribution in [0.4, 0.5) is 0 Å². The highest BCUT2D eigenvalue weighted by atomic mass is 16.3. The molecule has 2 atom stereocenters. The molecule has 0 radical (unpaired) electrons. The average molecular weight is 128 g/mol. The van der Waals surface area contributed by atoms with Crippen molar-refractivity contribution in [3.05, 3.63) is 7.05 Å². The van der Waals surface area contributed by atoms with Gasteiger partial charge in [-0.1, -0.05) is 6.92 Å². The second kappa shape index (κ2) is 2.67. The van der Waals surface area contributed by atoms with Crippen LogP contribution in [0.1, 0.15) is 13.3 Å². The van der Waals surface area contributed by atoms with Crippen LogP contribution >= 0.6 is 0 Å². The van der Waals surface area contributed by atoms with Crippen LogP contribution in [-0.4, -0.2) is 29.2 Å². The van der Waals surface area contributed by atoms with E-state index in [-0.39, 0.29) is 0 Å². The molecule has 1 fully saturated rings. The Labute approximate surface area is 56.5 Å². The van der Waals surface area contributed by atoms with Crippen LogP contribution in [-0.2, 0) is 0 Å². The molecule has 0 saturated carbocycles. The van der Waals surface area contributed by atoms with E-state index in [0.717, 1.165) is 13.0 Å². The summed E-state index contributed by atoms with van der Waals surface area (Å²) in [5.74, 6) is 0.461. The minimum atomic E-state index is 0.313. The van der Waals surface area contributed by atoms with Gasteiger partial charge in [0, 0.05) is 6.61 Å². The van der Waals surface area contributed by atoms with Gasteiger partial charge in [0.05, 0.1) is 0 Å². The van der Waals surface area contributed by atoms with Gasteiger partial charge >= 0.3 is 0 Å². The fourth-order valence-electron chi connectivity index (χ4n) is 1.32. The van der Waals surface area contributed by atoms with Gasteiger partial charge in [-0.25, -0.2) is 0 Å². The number of nitrogens with zero attached hydrogens (tertiary/aromatic N) is 1. The summed E-state index contributed by atoms with van der Waals surface area (Å²) >= 11 is 0. The van der Waals surface area contributed by atoms with E-state index in [1.54, 1.807) is 0 Å². The summed E-state index contributed by atoms with van der Waals surface area (Å²) in [7, 11) is 3.84. The lowest BCUT2D eigenvalue weighted by molar-refractivity contribution is 0.197. The molecule has 0 bridgehead atoms. The minimum Gasteiger partial charge on any atom is -0.457 e. The first kappa shape index (κ1) is 7.03. The molecule has 0 amide bonds. The summed E-state index contributed by atoms with van der Waals surface area (Å²) in [6, 6.07) is 0.468. The number of hydrogen-bond donors (Lipinski definition) is 1. The molecule has 9 heavy (non-hydrogen) atoms. The zero-order valence-electron chi connectivity index (χ0n) is 5.88. The molecule has 2 heteroatoms. The second-order valence-corrected chi connectivity index (χ2v) is 2.78. The van der Waals surface area contributed by atoms with E-state index in [9.17, 15) is 0 Å². The smallest absolute Gasteiger partial charge is 0.0473 e. The van der Waals surface area contributed by atoms with E-state index in [1.165, 1.54) is 0 Å². The quantitative estimate of drug-likeness (QED) is 0.519. The Kier molecular flexibility index (Phi) is 2.09. The maximum Gasteiger partial charge on any atom is 0.0473 e. The number of aliphatic hydroxyl groups is 1. The molecule has 54 valence electrons. The molecule has 1 N–H and O–H groups in total. The topological polar surface area (TPSA) is 23.5 Å². The lowest BCUT2D eigenvalue weighted by Gasteiger charge is -2.25. The van der Waals surface area contributed by atoms with Crippen molar-refractivity contribution < 1.29 is 5.11 Å². The van der Waals surface area contributed by atoms with Crippen LogP contribution in [0, 0.1) is 13.0 Å². The Morgan fingerprint density at radius 3 is 2.67 bits per heavy atom. The maximum absolute atomic E-state index is 8.80. The molecule has 0 aromatic heterocycles. The molecule has 0 aromatic carbocycles. The van der Waals surface area contributed by atoms with Crippen LogP contribution in [0.25, 0.3) is 0 Å². The van der Waals surface area contributed by atoms with Crippen molar-refractivity contribution in [2.24, 2.45) is 5.92 Å². The fraction of sp³-hybridized carbons (Fsp3) is 0.857. The van der Waals surface area contributed by atoms with Crippen molar-refractivity contribution >= 4 is 0 Å². The number of likely N-dealkylation sites (tertiary alicyclic amines) is 1. The SMILES string of the molecule is [CH2-]N1CC[C@H](CO)[C@@H]1C. The first-order valence-corrected chi connectivity index (χ1v) is 3.43. The van der Waals surface area contributed by atoms with Crippen molar-refractivity contribution in [2.45, 2.75) is 19.4 Å². The van der Waals surface area contributed by atoms with Crippen molar-refractivity contribution in [1.29, 1.82) is 0 Å². The van der Waals surface area contributed by atoms with Crippen molar-refractivity contribution in [1.82, 2.24) is 4.90 Å². The highest BCUT2D eigenvalue weighted by Crippen LogP contribution is 2.21. The zero-order valence-corrected chi connectivity index (χ0v) is 5.88. The number of rotatable bonds is 1. The van der Waals surface area contributed by atoms with Gasteiger partial charge < -0.3 is 10.0 Å². The lowest BCUT2D eigenvalue weighted by Crippen LogP contribution is -2.25. The minimum absolute atomic E-state index is 0.313. The van der Waals surface area contributed by atoms with E-state index in [0.29, 0.717) is 18.6 Å². The van der Waals surface area contributed by atoms with E-state index in [4.69, 9.17) is 5.11 Å².